The SMILES string of the molecule is Cc1csc(Sc2ccc(C(=O)OCC(=O)N3CC(=O)Nc4ccccc43)cc2[N+](=O)[O-])n1. The fourth-order valence-corrected chi connectivity index (χ4v) is 4.97. The van der Waals surface area contributed by atoms with Crippen LogP contribution in [0.2, 0.25) is 0 Å². The van der Waals surface area contributed by atoms with Gasteiger partial charge in [0.15, 0.2) is 10.9 Å². The maximum absolute atomic E-state index is 12.6. The number of thiazole rings is 1. The normalized spacial score (nSPS) is 12.6. The van der Waals surface area contributed by atoms with Crippen LogP contribution in [0.1, 0.15) is 16.1 Å². The van der Waals surface area contributed by atoms with Gasteiger partial charge in [0.25, 0.3) is 11.6 Å². The lowest BCUT2D eigenvalue weighted by Crippen LogP contribution is -2.44. The van der Waals surface area contributed by atoms with Gasteiger partial charge in [-0.1, -0.05) is 23.9 Å². The Morgan fingerprint density at radius 1 is 1.30 bits per heavy atom. The monoisotopic (exact) mass is 484 g/mol. The molecule has 12 heteroatoms. The molecule has 0 bridgehead atoms. The fraction of sp³-hybridized carbons (Fsp3) is 0.143. The summed E-state index contributed by atoms with van der Waals surface area (Å²) in [6, 6.07) is 10.7. The van der Waals surface area contributed by atoms with Gasteiger partial charge in [0.2, 0.25) is 5.91 Å². The minimum Gasteiger partial charge on any atom is -0.452 e. The number of carbonyl (C=O) groups excluding carboxylic acids is 3. The molecule has 0 radical (unpaired) electrons. The van der Waals surface area contributed by atoms with E-state index in [0.717, 1.165) is 23.5 Å². The van der Waals surface area contributed by atoms with E-state index in [0.29, 0.717) is 20.6 Å². The number of fused-ring (bicyclic) bond motifs is 1. The number of rotatable bonds is 6. The molecule has 0 fully saturated rings. The molecule has 1 aliphatic heterocycles. The molecule has 4 rings (SSSR count). The van der Waals surface area contributed by atoms with Gasteiger partial charge in [-0.25, -0.2) is 9.78 Å². The molecule has 2 aromatic carbocycles. The Balaban J connectivity index is 1.46. The van der Waals surface area contributed by atoms with Crippen molar-refractivity contribution in [1.82, 2.24) is 4.98 Å². The van der Waals surface area contributed by atoms with Crippen LogP contribution in [0.4, 0.5) is 17.1 Å². The summed E-state index contributed by atoms with van der Waals surface area (Å²) in [6.45, 7) is 0.994. The van der Waals surface area contributed by atoms with Gasteiger partial charge in [0.1, 0.15) is 6.54 Å². The number of nitro groups is 1. The van der Waals surface area contributed by atoms with Gasteiger partial charge in [-0.05, 0) is 31.2 Å². The third-order valence-corrected chi connectivity index (χ3v) is 6.71. The second kappa shape index (κ2) is 9.38. The quantitative estimate of drug-likeness (QED) is 0.319. The van der Waals surface area contributed by atoms with Crippen molar-refractivity contribution in [1.29, 1.82) is 0 Å². The van der Waals surface area contributed by atoms with E-state index < -0.39 is 23.4 Å². The van der Waals surface area contributed by atoms with Crippen LogP contribution in [0.15, 0.2) is 57.1 Å². The van der Waals surface area contributed by atoms with E-state index in [9.17, 15) is 24.5 Å². The summed E-state index contributed by atoms with van der Waals surface area (Å²) in [5.74, 6) is -1.85. The average Bonchev–Trinajstić information content (AvgIpc) is 3.21. The molecular formula is C21H16N4O6S2. The largest absolute Gasteiger partial charge is 0.452 e. The Kier molecular flexibility index (Phi) is 6.38. The lowest BCUT2D eigenvalue weighted by atomic mass is 10.2. The second-order valence-corrected chi connectivity index (χ2v) is 9.06. The summed E-state index contributed by atoms with van der Waals surface area (Å²) < 4.78 is 5.73. The lowest BCUT2D eigenvalue weighted by molar-refractivity contribution is -0.387. The summed E-state index contributed by atoms with van der Waals surface area (Å²) >= 11 is 2.49. The van der Waals surface area contributed by atoms with E-state index in [1.165, 1.54) is 28.4 Å². The number of nitrogens with one attached hydrogen (secondary N) is 1. The number of nitrogens with zero attached hydrogens (tertiary/aromatic N) is 3. The van der Waals surface area contributed by atoms with Crippen molar-refractivity contribution in [3.8, 4) is 0 Å². The topological polar surface area (TPSA) is 132 Å². The smallest absolute Gasteiger partial charge is 0.338 e. The maximum atomic E-state index is 12.6. The number of para-hydroxylation sites is 2. The first-order chi connectivity index (χ1) is 15.8. The molecule has 0 aliphatic carbocycles. The Morgan fingerprint density at radius 3 is 2.82 bits per heavy atom. The fourth-order valence-electron chi connectivity index (χ4n) is 3.09. The van der Waals surface area contributed by atoms with Crippen LogP contribution < -0.4 is 10.2 Å². The van der Waals surface area contributed by atoms with Crippen molar-refractivity contribution in [3.05, 3.63) is 69.2 Å². The van der Waals surface area contributed by atoms with Crippen molar-refractivity contribution in [2.45, 2.75) is 16.2 Å². The molecule has 2 heterocycles. The van der Waals surface area contributed by atoms with Crippen molar-refractivity contribution in [2.24, 2.45) is 0 Å². The molecule has 0 saturated heterocycles. The van der Waals surface area contributed by atoms with E-state index in [-0.39, 0.29) is 23.7 Å². The van der Waals surface area contributed by atoms with Gasteiger partial charge in [0, 0.05) is 17.1 Å². The zero-order valence-electron chi connectivity index (χ0n) is 17.1. The summed E-state index contributed by atoms with van der Waals surface area (Å²) in [5, 5.41) is 16.0. The number of hydrogen-bond acceptors (Lipinski definition) is 9. The Hall–Kier alpha value is -3.77. The number of aromatic nitrogens is 1. The van der Waals surface area contributed by atoms with Gasteiger partial charge < -0.3 is 10.1 Å². The van der Waals surface area contributed by atoms with Crippen LogP contribution in [0.25, 0.3) is 0 Å². The van der Waals surface area contributed by atoms with Gasteiger partial charge in [-0.2, -0.15) is 0 Å². The van der Waals surface area contributed by atoms with Crippen molar-refractivity contribution in [2.75, 3.05) is 23.4 Å². The third kappa shape index (κ3) is 5.02. The van der Waals surface area contributed by atoms with Crippen LogP contribution in [-0.4, -0.2) is 40.8 Å². The van der Waals surface area contributed by atoms with Crippen LogP contribution in [0.5, 0.6) is 0 Å². The minimum absolute atomic E-state index is 0.0639. The number of aryl methyl sites for hydroxylation is 1. The first-order valence-electron chi connectivity index (χ1n) is 9.56. The first-order valence-corrected chi connectivity index (χ1v) is 11.3. The summed E-state index contributed by atoms with van der Waals surface area (Å²) in [6.07, 6.45) is 0. The van der Waals surface area contributed by atoms with Gasteiger partial charge in [0.05, 0.1) is 26.8 Å². The number of ether oxygens (including phenoxy) is 1. The summed E-state index contributed by atoms with van der Waals surface area (Å²) in [7, 11) is 0. The van der Waals surface area contributed by atoms with Crippen LogP contribution >= 0.6 is 23.1 Å². The molecule has 168 valence electrons. The molecule has 0 atom stereocenters. The molecule has 1 aromatic heterocycles. The average molecular weight is 485 g/mol. The molecule has 1 aliphatic rings. The summed E-state index contributed by atoms with van der Waals surface area (Å²) in [5.41, 5.74) is 1.45. The predicted octanol–water partition coefficient (Wildman–Crippen LogP) is 3.65. The highest BCUT2D eigenvalue weighted by atomic mass is 32.2. The van der Waals surface area contributed by atoms with Crippen LogP contribution in [0, 0.1) is 17.0 Å². The Bertz CT molecular complexity index is 1280. The predicted molar refractivity (Wildman–Crippen MR) is 122 cm³/mol. The molecule has 0 saturated carbocycles. The number of benzene rings is 2. The van der Waals surface area contributed by atoms with E-state index in [4.69, 9.17) is 4.74 Å². The van der Waals surface area contributed by atoms with Gasteiger partial charge in [-0.3, -0.25) is 24.6 Å². The zero-order valence-corrected chi connectivity index (χ0v) is 18.8. The van der Waals surface area contributed by atoms with Gasteiger partial charge in [-0.15, -0.1) is 11.3 Å². The first kappa shape index (κ1) is 22.4. The van der Waals surface area contributed by atoms with Crippen LogP contribution in [-0.2, 0) is 14.3 Å². The van der Waals surface area contributed by atoms with E-state index in [1.807, 2.05) is 12.3 Å². The Labute approximate surface area is 195 Å². The van der Waals surface area contributed by atoms with Crippen LogP contribution in [0.3, 0.4) is 0 Å². The second-order valence-electron chi connectivity index (χ2n) is 6.92. The van der Waals surface area contributed by atoms with E-state index in [2.05, 4.69) is 10.3 Å². The van der Waals surface area contributed by atoms with Crippen molar-refractivity contribution >= 4 is 57.9 Å². The highest BCUT2D eigenvalue weighted by molar-refractivity contribution is 8.01. The molecule has 2 amide bonds. The molecule has 3 aromatic rings. The Morgan fingerprint density at radius 2 is 2.09 bits per heavy atom. The van der Waals surface area contributed by atoms with Crippen molar-refractivity contribution < 1.29 is 24.0 Å². The summed E-state index contributed by atoms with van der Waals surface area (Å²) in [4.78, 5) is 53.8. The van der Waals surface area contributed by atoms with E-state index >= 15 is 0 Å². The molecular weight excluding hydrogens is 468 g/mol. The van der Waals surface area contributed by atoms with E-state index in [1.54, 1.807) is 24.3 Å². The molecule has 0 unspecified atom stereocenters. The number of hydrogen-bond donors (Lipinski definition) is 1. The lowest BCUT2D eigenvalue weighted by Gasteiger charge is -2.28. The highest BCUT2D eigenvalue weighted by Crippen LogP contribution is 2.37. The maximum Gasteiger partial charge on any atom is 0.338 e. The standard InChI is InChI=1S/C21H16N4O6S2/c1-12-11-32-21(22-12)33-17-7-6-13(8-16(17)25(29)30)20(28)31-10-19(27)24-9-18(26)23-14-4-2-3-5-15(14)24/h2-8,11H,9-10H2,1H3,(H,23,26). The zero-order chi connectivity index (χ0) is 23.5. The van der Waals surface area contributed by atoms with Gasteiger partial charge >= 0.3 is 5.97 Å². The number of carbonyl (C=O) groups is 3. The number of anilines is 2. The third-order valence-electron chi connectivity index (χ3n) is 4.58. The highest BCUT2D eigenvalue weighted by Gasteiger charge is 2.28. The molecule has 10 nitrogen and oxygen atoms in total. The number of esters is 1. The molecule has 33 heavy (non-hydrogen) atoms. The van der Waals surface area contributed by atoms with Crippen molar-refractivity contribution in [3.63, 3.8) is 0 Å². The minimum atomic E-state index is -0.886. The number of nitro benzene ring substituents is 1. The molecule has 1 N–H and O–H groups in total. The number of amides is 2. The molecule has 0 spiro atoms.